The minimum atomic E-state index is 0.673. The third-order valence-corrected chi connectivity index (χ3v) is 3.48. The zero-order chi connectivity index (χ0) is 12.7. The zero-order valence-electron chi connectivity index (χ0n) is 10.3. The summed E-state index contributed by atoms with van der Waals surface area (Å²) in [6.45, 7) is 4.20. The van der Waals surface area contributed by atoms with Crippen molar-refractivity contribution < 1.29 is 0 Å². The van der Waals surface area contributed by atoms with E-state index < -0.39 is 0 Å². The van der Waals surface area contributed by atoms with Gasteiger partial charge in [0.25, 0.3) is 0 Å². The van der Waals surface area contributed by atoms with E-state index in [9.17, 15) is 0 Å². The topological polar surface area (TPSA) is 33.6 Å². The lowest BCUT2D eigenvalue weighted by Crippen LogP contribution is -1.96. The van der Waals surface area contributed by atoms with E-state index in [0.29, 0.717) is 4.77 Å². The number of aryl methyl sites for hydroxylation is 2. The van der Waals surface area contributed by atoms with E-state index in [1.54, 1.807) is 6.20 Å². The number of hydrogen-bond donors (Lipinski definition) is 1. The Morgan fingerprint density at radius 3 is 2.78 bits per heavy atom. The fourth-order valence-corrected chi connectivity index (χ4v) is 2.35. The fraction of sp³-hybridized carbons (Fsp3) is 0.143. The minimum absolute atomic E-state index is 0.673. The smallest absolute Gasteiger partial charge is 0.183 e. The maximum absolute atomic E-state index is 5.38. The second kappa shape index (κ2) is 4.07. The molecule has 0 saturated carbocycles. The van der Waals surface area contributed by atoms with Crippen LogP contribution in [0.2, 0.25) is 0 Å². The third kappa shape index (κ3) is 1.66. The van der Waals surface area contributed by atoms with Crippen LogP contribution in [0.15, 0.2) is 36.5 Å². The molecule has 1 N–H and O–H groups in total. The molecule has 0 aliphatic carbocycles. The van der Waals surface area contributed by atoms with Gasteiger partial charge >= 0.3 is 0 Å². The molecular formula is C14H13N3S. The Bertz CT molecular complexity index is 783. The van der Waals surface area contributed by atoms with E-state index in [2.05, 4.69) is 42.0 Å². The van der Waals surface area contributed by atoms with Crippen LogP contribution < -0.4 is 0 Å². The van der Waals surface area contributed by atoms with Crippen molar-refractivity contribution in [3.05, 3.63) is 52.4 Å². The van der Waals surface area contributed by atoms with Gasteiger partial charge in [0.2, 0.25) is 0 Å². The number of hydrogen-bond acceptors (Lipinski definition) is 2. The van der Waals surface area contributed by atoms with Crippen LogP contribution in [0.1, 0.15) is 11.1 Å². The number of nitrogens with zero attached hydrogens (tertiary/aromatic N) is 2. The van der Waals surface area contributed by atoms with Crippen molar-refractivity contribution in [2.24, 2.45) is 0 Å². The standard InChI is InChI=1S/C14H13N3S/c1-9-5-6-11(8-10(9)2)17-13-12(16-14(17)18)4-3-7-15-13/h3-8H,1-2H3,(H,16,18). The predicted octanol–water partition coefficient (Wildman–Crippen LogP) is 3.70. The van der Waals surface area contributed by atoms with Crippen LogP contribution >= 0.6 is 12.2 Å². The monoisotopic (exact) mass is 255 g/mol. The van der Waals surface area contributed by atoms with Crippen LogP contribution in [0, 0.1) is 18.6 Å². The first-order valence-electron chi connectivity index (χ1n) is 5.80. The Hall–Kier alpha value is -1.94. The number of H-pyrrole nitrogens is 1. The van der Waals surface area contributed by atoms with Crippen molar-refractivity contribution in [2.45, 2.75) is 13.8 Å². The van der Waals surface area contributed by atoms with Gasteiger partial charge in [0.05, 0.1) is 11.2 Å². The maximum Gasteiger partial charge on any atom is 0.183 e. The van der Waals surface area contributed by atoms with Gasteiger partial charge in [0, 0.05) is 6.20 Å². The molecule has 3 nitrogen and oxygen atoms in total. The molecular weight excluding hydrogens is 242 g/mol. The summed E-state index contributed by atoms with van der Waals surface area (Å²) < 4.78 is 2.64. The second-order valence-electron chi connectivity index (χ2n) is 4.41. The molecule has 2 heterocycles. The highest BCUT2D eigenvalue weighted by Gasteiger charge is 2.07. The number of imidazole rings is 1. The molecule has 2 aromatic heterocycles. The largest absolute Gasteiger partial charge is 0.329 e. The first-order chi connectivity index (χ1) is 8.66. The molecule has 3 aromatic rings. The van der Waals surface area contributed by atoms with Gasteiger partial charge in [-0.15, -0.1) is 0 Å². The van der Waals surface area contributed by atoms with Gasteiger partial charge < -0.3 is 4.98 Å². The van der Waals surface area contributed by atoms with E-state index in [1.165, 1.54) is 11.1 Å². The number of aromatic nitrogens is 3. The highest BCUT2D eigenvalue weighted by molar-refractivity contribution is 7.71. The van der Waals surface area contributed by atoms with Crippen molar-refractivity contribution in [3.63, 3.8) is 0 Å². The normalized spacial score (nSPS) is 11.0. The number of nitrogens with one attached hydrogen (secondary N) is 1. The van der Waals surface area contributed by atoms with Crippen LogP contribution in [0.25, 0.3) is 16.9 Å². The Balaban J connectivity index is 2.34. The zero-order valence-corrected chi connectivity index (χ0v) is 11.1. The van der Waals surface area contributed by atoms with Gasteiger partial charge in [0.15, 0.2) is 10.4 Å². The van der Waals surface area contributed by atoms with Crippen molar-refractivity contribution in [2.75, 3.05) is 0 Å². The average Bonchev–Trinajstić information content (AvgIpc) is 2.69. The Morgan fingerprint density at radius 2 is 2.00 bits per heavy atom. The number of aromatic amines is 1. The van der Waals surface area contributed by atoms with Gasteiger partial charge in [-0.05, 0) is 61.5 Å². The average molecular weight is 255 g/mol. The van der Waals surface area contributed by atoms with E-state index in [1.807, 2.05) is 16.7 Å². The summed E-state index contributed by atoms with van der Waals surface area (Å²) >= 11 is 5.38. The fourth-order valence-electron chi connectivity index (χ4n) is 2.04. The summed E-state index contributed by atoms with van der Waals surface area (Å²) in [7, 11) is 0. The summed E-state index contributed by atoms with van der Waals surface area (Å²) in [5.41, 5.74) is 5.40. The molecule has 90 valence electrons. The molecule has 0 radical (unpaired) electrons. The molecule has 0 aliphatic heterocycles. The van der Waals surface area contributed by atoms with Crippen LogP contribution in [-0.4, -0.2) is 14.5 Å². The number of benzene rings is 1. The van der Waals surface area contributed by atoms with Gasteiger partial charge in [-0.1, -0.05) is 6.07 Å². The van der Waals surface area contributed by atoms with E-state index >= 15 is 0 Å². The SMILES string of the molecule is Cc1ccc(-n2c(=S)[nH]c3cccnc32)cc1C. The number of pyridine rings is 1. The van der Waals surface area contributed by atoms with Crippen molar-refractivity contribution >= 4 is 23.4 Å². The molecule has 18 heavy (non-hydrogen) atoms. The molecule has 1 aromatic carbocycles. The number of rotatable bonds is 1. The van der Waals surface area contributed by atoms with Crippen molar-refractivity contribution in [3.8, 4) is 5.69 Å². The minimum Gasteiger partial charge on any atom is -0.329 e. The molecule has 0 fully saturated rings. The first kappa shape index (κ1) is 11.2. The summed E-state index contributed by atoms with van der Waals surface area (Å²) in [6.07, 6.45) is 1.78. The third-order valence-electron chi connectivity index (χ3n) is 3.19. The Kier molecular flexibility index (Phi) is 2.52. The second-order valence-corrected chi connectivity index (χ2v) is 4.80. The quantitative estimate of drug-likeness (QED) is 0.673. The lowest BCUT2D eigenvalue weighted by atomic mass is 10.1. The van der Waals surface area contributed by atoms with E-state index in [-0.39, 0.29) is 0 Å². The molecule has 0 spiro atoms. The summed E-state index contributed by atoms with van der Waals surface area (Å²) in [5, 5.41) is 0. The first-order valence-corrected chi connectivity index (χ1v) is 6.21. The molecule has 0 saturated heterocycles. The summed E-state index contributed by atoms with van der Waals surface area (Å²) in [4.78, 5) is 7.57. The van der Waals surface area contributed by atoms with Gasteiger partial charge in [-0.25, -0.2) is 4.98 Å². The Labute approximate surface area is 110 Å². The molecule has 0 bridgehead atoms. The van der Waals surface area contributed by atoms with Crippen LogP contribution in [0.5, 0.6) is 0 Å². The molecule has 0 aliphatic rings. The highest BCUT2D eigenvalue weighted by atomic mass is 32.1. The van der Waals surface area contributed by atoms with E-state index in [4.69, 9.17) is 12.2 Å². The summed E-state index contributed by atoms with van der Waals surface area (Å²) in [6, 6.07) is 10.2. The predicted molar refractivity (Wildman–Crippen MR) is 75.7 cm³/mol. The van der Waals surface area contributed by atoms with Gasteiger partial charge in [-0.3, -0.25) is 4.57 Å². The van der Waals surface area contributed by atoms with Crippen LogP contribution in [0.4, 0.5) is 0 Å². The van der Waals surface area contributed by atoms with Gasteiger partial charge in [-0.2, -0.15) is 0 Å². The highest BCUT2D eigenvalue weighted by Crippen LogP contribution is 2.19. The summed E-state index contributed by atoms with van der Waals surface area (Å²) in [5.74, 6) is 0. The lowest BCUT2D eigenvalue weighted by molar-refractivity contribution is 1.04. The van der Waals surface area contributed by atoms with Crippen LogP contribution in [-0.2, 0) is 0 Å². The number of fused-ring (bicyclic) bond motifs is 1. The molecule has 0 atom stereocenters. The molecule has 0 amide bonds. The maximum atomic E-state index is 5.38. The Morgan fingerprint density at radius 1 is 1.17 bits per heavy atom. The van der Waals surface area contributed by atoms with E-state index in [0.717, 1.165) is 16.9 Å². The van der Waals surface area contributed by atoms with Crippen LogP contribution in [0.3, 0.4) is 0 Å². The van der Waals surface area contributed by atoms with Crippen molar-refractivity contribution in [1.82, 2.24) is 14.5 Å². The lowest BCUT2D eigenvalue weighted by Gasteiger charge is -2.06. The molecule has 3 rings (SSSR count). The molecule has 4 heteroatoms. The van der Waals surface area contributed by atoms with Crippen molar-refractivity contribution in [1.29, 1.82) is 0 Å². The van der Waals surface area contributed by atoms with Gasteiger partial charge in [0.1, 0.15) is 0 Å². The molecule has 0 unspecified atom stereocenters.